The molecule has 15 heavy (non-hydrogen) atoms. The number of hydrogen-bond acceptors (Lipinski definition) is 4. The summed E-state index contributed by atoms with van der Waals surface area (Å²) in [6.45, 7) is 1.93. The van der Waals surface area contributed by atoms with Crippen molar-refractivity contribution in [1.82, 2.24) is 4.98 Å². The highest BCUT2D eigenvalue weighted by molar-refractivity contribution is 7.09. The maximum absolute atomic E-state index is 9.81. The van der Waals surface area contributed by atoms with E-state index in [-0.39, 0.29) is 0 Å². The van der Waals surface area contributed by atoms with Gasteiger partial charge in [0.15, 0.2) is 5.22 Å². The number of hydrogen-bond donors (Lipinski definition) is 1. The van der Waals surface area contributed by atoms with Gasteiger partial charge in [-0.15, -0.1) is 11.3 Å². The topological polar surface area (TPSA) is 46.3 Å². The first kappa shape index (κ1) is 10.7. The largest absolute Gasteiger partial charge is 0.447 e. The van der Waals surface area contributed by atoms with Gasteiger partial charge in [-0.2, -0.15) is 0 Å². The molecule has 1 unspecified atom stereocenters. The number of rotatable bonds is 3. The van der Waals surface area contributed by atoms with Gasteiger partial charge >= 0.3 is 0 Å². The van der Waals surface area contributed by atoms with Crippen molar-refractivity contribution in [2.45, 2.75) is 19.4 Å². The quantitative estimate of drug-likeness (QED) is 0.902. The van der Waals surface area contributed by atoms with Gasteiger partial charge in [0.1, 0.15) is 11.9 Å². The van der Waals surface area contributed by atoms with Crippen molar-refractivity contribution in [2.75, 3.05) is 0 Å². The zero-order chi connectivity index (χ0) is 10.8. The van der Waals surface area contributed by atoms with Crippen LogP contribution >= 0.6 is 22.9 Å². The van der Waals surface area contributed by atoms with E-state index >= 15 is 0 Å². The highest BCUT2D eigenvalue weighted by atomic mass is 35.5. The predicted octanol–water partition coefficient (Wildman–Crippen LogP) is 2.97. The number of nitrogens with zero attached hydrogens (tertiary/aromatic N) is 1. The van der Waals surface area contributed by atoms with Crippen LogP contribution in [0.3, 0.4) is 0 Å². The number of aryl methyl sites for hydroxylation is 1. The van der Waals surface area contributed by atoms with Crippen LogP contribution in [0.25, 0.3) is 0 Å². The van der Waals surface area contributed by atoms with Crippen LogP contribution in [-0.4, -0.2) is 10.1 Å². The molecule has 0 aromatic carbocycles. The maximum atomic E-state index is 9.81. The average molecular weight is 244 g/mol. The Morgan fingerprint density at radius 2 is 2.40 bits per heavy atom. The van der Waals surface area contributed by atoms with Gasteiger partial charge in [-0.05, 0) is 30.7 Å². The second kappa shape index (κ2) is 4.35. The Morgan fingerprint density at radius 3 is 2.93 bits per heavy atom. The molecule has 0 aliphatic rings. The SMILES string of the molecule is Cc1csc(CC(O)c2ccc(Cl)o2)n1. The molecule has 2 rings (SSSR count). The van der Waals surface area contributed by atoms with Gasteiger partial charge in [0.2, 0.25) is 0 Å². The smallest absolute Gasteiger partial charge is 0.193 e. The van der Waals surface area contributed by atoms with Crippen molar-refractivity contribution in [2.24, 2.45) is 0 Å². The molecule has 0 aliphatic heterocycles. The van der Waals surface area contributed by atoms with Crippen molar-refractivity contribution in [1.29, 1.82) is 0 Å². The van der Waals surface area contributed by atoms with E-state index in [0.29, 0.717) is 17.4 Å². The number of aliphatic hydroxyl groups excluding tert-OH is 1. The number of halogens is 1. The average Bonchev–Trinajstić information content (AvgIpc) is 2.75. The van der Waals surface area contributed by atoms with Crippen LogP contribution in [0.15, 0.2) is 21.9 Å². The summed E-state index contributed by atoms with van der Waals surface area (Å²) in [6, 6.07) is 3.29. The Kier molecular flexibility index (Phi) is 3.09. The Bertz CT molecular complexity index is 452. The summed E-state index contributed by atoms with van der Waals surface area (Å²) < 4.78 is 5.12. The Balaban J connectivity index is 2.06. The molecule has 3 nitrogen and oxygen atoms in total. The zero-order valence-electron chi connectivity index (χ0n) is 8.11. The third-order valence-corrected chi connectivity index (χ3v) is 3.15. The van der Waals surface area contributed by atoms with Crippen molar-refractivity contribution in [3.63, 3.8) is 0 Å². The van der Waals surface area contributed by atoms with E-state index in [2.05, 4.69) is 4.98 Å². The lowest BCUT2D eigenvalue weighted by atomic mass is 10.2. The molecule has 0 fully saturated rings. The monoisotopic (exact) mass is 243 g/mol. The molecule has 0 saturated carbocycles. The molecule has 2 aromatic heterocycles. The lowest BCUT2D eigenvalue weighted by molar-refractivity contribution is 0.150. The van der Waals surface area contributed by atoms with Crippen LogP contribution in [0.4, 0.5) is 0 Å². The summed E-state index contributed by atoms with van der Waals surface area (Å²) in [4.78, 5) is 4.27. The first-order valence-electron chi connectivity index (χ1n) is 4.49. The van der Waals surface area contributed by atoms with Gasteiger partial charge < -0.3 is 9.52 Å². The van der Waals surface area contributed by atoms with Crippen LogP contribution in [0.5, 0.6) is 0 Å². The van der Waals surface area contributed by atoms with Gasteiger partial charge in [0, 0.05) is 17.5 Å². The lowest BCUT2D eigenvalue weighted by Crippen LogP contribution is -1.99. The van der Waals surface area contributed by atoms with Crippen molar-refractivity contribution >= 4 is 22.9 Å². The first-order chi connectivity index (χ1) is 7.15. The Morgan fingerprint density at radius 1 is 1.60 bits per heavy atom. The second-order valence-corrected chi connectivity index (χ2v) is 4.56. The number of aliphatic hydroxyl groups is 1. The van der Waals surface area contributed by atoms with Gasteiger partial charge in [0.25, 0.3) is 0 Å². The summed E-state index contributed by atoms with van der Waals surface area (Å²) in [5, 5.41) is 13.0. The van der Waals surface area contributed by atoms with E-state index in [0.717, 1.165) is 10.7 Å². The lowest BCUT2D eigenvalue weighted by Gasteiger charge is -2.04. The van der Waals surface area contributed by atoms with Crippen LogP contribution in [0.2, 0.25) is 5.22 Å². The third kappa shape index (κ3) is 2.59. The van der Waals surface area contributed by atoms with E-state index in [9.17, 15) is 5.11 Å². The molecule has 80 valence electrons. The fraction of sp³-hybridized carbons (Fsp3) is 0.300. The van der Waals surface area contributed by atoms with Gasteiger partial charge in [0.05, 0.1) is 5.01 Å². The van der Waals surface area contributed by atoms with Crippen molar-refractivity contribution in [3.8, 4) is 0 Å². The number of aromatic nitrogens is 1. The van der Waals surface area contributed by atoms with Gasteiger partial charge in [-0.25, -0.2) is 4.98 Å². The van der Waals surface area contributed by atoms with E-state index < -0.39 is 6.10 Å². The van der Waals surface area contributed by atoms with Gasteiger partial charge in [-0.1, -0.05) is 0 Å². The van der Waals surface area contributed by atoms with E-state index in [4.69, 9.17) is 16.0 Å². The minimum Gasteiger partial charge on any atom is -0.447 e. The first-order valence-corrected chi connectivity index (χ1v) is 5.75. The summed E-state index contributed by atoms with van der Waals surface area (Å²) in [6.07, 6.45) is -0.217. The number of furan rings is 1. The van der Waals surface area contributed by atoms with Gasteiger partial charge in [-0.3, -0.25) is 0 Å². The Hall–Kier alpha value is -0.840. The highest BCUT2D eigenvalue weighted by Gasteiger charge is 2.14. The zero-order valence-corrected chi connectivity index (χ0v) is 9.68. The predicted molar refractivity (Wildman–Crippen MR) is 59.2 cm³/mol. The third-order valence-electron chi connectivity index (χ3n) is 1.96. The summed E-state index contributed by atoms with van der Waals surface area (Å²) in [5.74, 6) is 0.479. The molecule has 5 heteroatoms. The van der Waals surface area contributed by atoms with Crippen LogP contribution in [0, 0.1) is 6.92 Å². The molecule has 0 spiro atoms. The molecule has 0 saturated heterocycles. The van der Waals surface area contributed by atoms with E-state index in [1.54, 1.807) is 12.1 Å². The molecule has 1 atom stereocenters. The molecule has 0 aliphatic carbocycles. The molecule has 0 radical (unpaired) electrons. The normalized spacial score (nSPS) is 13.0. The molecular formula is C10H10ClNO2S. The molecule has 1 N–H and O–H groups in total. The summed E-state index contributed by atoms with van der Waals surface area (Å²) >= 11 is 7.15. The molecule has 0 amide bonds. The fourth-order valence-corrected chi connectivity index (χ4v) is 2.23. The molecular weight excluding hydrogens is 234 g/mol. The van der Waals surface area contributed by atoms with Crippen molar-refractivity contribution < 1.29 is 9.52 Å². The fourth-order valence-electron chi connectivity index (χ4n) is 1.27. The highest BCUT2D eigenvalue weighted by Crippen LogP contribution is 2.24. The Labute approximate surface area is 96.3 Å². The van der Waals surface area contributed by atoms with Crippen molar-refractivity contribution in [3.05, 3.63) is 39.2 Å². The molecule has 2 heterocycles. The number of thiazole rings is 1. The minimum atomic E-state index is -0.678. The molecule has 0 bridgehead atoms. The van der Waals surface area contributed by atoms with E-state index in [1.807, 2.05) is 12.3 Å². The minimum absolute atomic E-state index is 0.291. The van der Waals surface area contributed by atoms with Crippen LogP contribution in [-0.2, 0) is 6.42 Å². The maximum Gasteiger partial charge on any atom is 0.193 e. The van der Waals surface area contributed by atoms with E-state index in [1.165, 1.54) is 11.3 Å². The summed E-state index contributed by atoms with van der Waals surface area (Å²) in [7, 11) is 0. The standard InChI is InChI=1S/C10H10ClNO2S/c1-6-5-15-10(12-6)4-7(13)8-2-3-9(11)14-8/h2-3,5,7,13H,4H2,1H3. The van der Waals surface area contributed by atoms with Crippen LogP contribution in [0.1, 0.15) is 22.6 Å². The molecule has 2 aromatic rings. The second-order valence-electron chi connectivity index (χ2n) is 3.24. The summed E-state index contributed by atoms with van der Waals surface area (Å²) in [5.41, 5.74) is 0.972. The van der Waals surface area contributed by atoms with Crippen LogP contribution < -0.4 is 0 Å².